The molecule has 0 N–H and O–H groups in total. The SMILES string of the molecule is c1ccc(Oc2ccccc2C2CCCC2)cc1. The molecule has 18 heavy (non-hydrogen) atoms. The standard InChI is InChI=1S/C17H18O/c1-2-10-15(11-3-1)18-17-13-7-6-12-16(17)14-8-4-5-9-14/h1-3,6-7,10-14H,4-5,8-9H2. The summed E-state index contributed by atoms with van der Waals surface area (Å²) in [6, 6.07) is 18.5. The molecule has 0 amide bonds. The number of hydrogen-bond acceptors (Lipinski definition) is 1. The van der Waals surface area contributed by atoms with Gasteiger partial charge in [-0.1, -0.05) is 49.2 Å². The molecule has 0 bridgehead atoms. The maximum absolute atomic E-state index is 6.02. The molecule has 1 saturated carbocycles. The molecule has 92 valence electrons. The van der Waals surface area contributed by atoms with Crippen LogP contribution >= 0.6 is 0 Å². The zero-order valence-electron chi connectivity index (χ0n) is 10.5. The third-order valence-electron chi connectivity index (χ3n) is 3.69. The van der Waals surface area contributed by atoms with Crippen LogP contribution in [0.1, 0.15) is 37.2 Å². The van der Waals surface area contributed by atoms with Crippen LogP contribution in [0.5, 0.6) is 11.5 Å². The molecule has 0 aliphatic heterocycles. The maximum Gasteiger partial charge on any atom is 0.130 e. The molecule has 1 aliphatic rings. The average molecular weight is 238 g/mol. The first-order valence-electron chi connectivity index (χ1n) is 6.75. The van der Waals surface area contributed by atoms with E-state index in [4.69, 9.17) is 4.74 Å². The minimum atomic E-state index is 0.685. The summed E-state index contributed by atoms with van der Waals surface area (Å²) in [6.07, 6.45) is 5.30. The zero-order valence-corrected chi connectivity index (χ0v) is 10.5. The summed E-state index contributed by atoms with van der Waals surface area (Å²) in [6.45, 7) is 0. The molecule has 0 saturated heterocycles. The van der Waals surface area contributed by atoms with Crippen LogP contribution in [0.15, 0.2) is 54.6 Å². The van der Waals surface area contributed by atoms with Gasteiger partial charge in [0, 0.05) is 0 Å². The van der Waals surface area contributed by atoms with E-state index in [0.29, 0.717) is 5.92 Å². The molecule has 0 radical (unpaired) electrons. The van der Waals surface area contributed by atoms with Crippen molar-refractivity contribution in [2.45, 2.75) is 31.6 Å². The third-order valence-corrected chi connectivity index (χ3v) is 3.69. The lowest BCUT2D eigenvalue weighted by atomic mass is 9.97. The Hall–Kier alpha value is -1.76. The van der Waals surface area contributed by atoms with Crippen molar-refractivity contribution < 1.29 is 4.74 Å². The summed E-state index contributed by atoms with van der Waals surface area (Å²) in [7, 11) is 0. The minimum absolute atomic E-state index is 0.685. The fourth-order valence-electron chi connectivity index (χ4n) is 2.76. The molecule has 2 aromatic carbocycles. The molecule has 2 aromatic rings. The second-order valence-electron chi connectivity index (χ2n) is 4.93. The van der Waals surface area contributed by atoms with Gasteiger partial charge in [-0.05, 0) is 42.5 Å². The van der Waals surface area contributed by atoms with Crippen molar-refractivity contribution >= 4 is 0 Å². The number of rotatable bonds is 3. The largest absolute Gasteiger partial charge is 0.457 e. The van der Waals surface area contributed by atoms with Gasteiger partial charge >= 0.3 is 0 Å². The van der Waals surface area contributed by atoms with Crippen molar-refractivity contribution in [2.24, 2.45) is 0 Å². The molecule has 1 heteroatoms. The molecule has 0 unspecified atom stereocenters. The van der Waals surface area contributed by atoms with Gasteiger partial charge in [0.2, 0.25) is 0 Å². The van der Waals surface area contributed by atoms with Crippen LogP contribution in [-0.4, -0.2) is 0 Å². The highest BCUT2D eigenvalue weighted by molar-refractivity contribution is 5.40. The molecule has 0 spiro atoms. The van der Waals surface area contributed by atoms with Gasteiger partial charge in [0.15, 0.2) is 0 Å². The van der Waals surface area contributed by atoms with Crippen LogP contribution in [0.4, 0.5) is 0 Å². The predicted molar refractivity (Wildman–Crippen MR) is 74.2 cm³/mol. The number of benzene rings is 2. The normalized spacial score (nSPS) is 15.8. The van der Waals surface area contributed by atoms with Crippen molar-refractivity contribution in [3.63, 3.8) is 0 Å². The average Bonchev–Trinajstić information content (AvgIpc) is 2.94. The lowest BCUT2D eigenvalue weighted by Crippen LogP contribution is -1.96. The predicted octanol–water partition coefficient (Wildman–Crippen LogP) is 5.14. The van der Waals surface area contributed by atoms with Gasteiger partial charge in [-0.3, -0.25) is 0 Å². The van der Waals surface area contributed by atoms with E-state index in [2.05, 4.69) is 24.3 Å². The molecule has 1 fully saturated rings. The summed E-state index contributed by atoms with van der Waals surface area (Å²) in [5.74, 6) is 2.63. The third kappa shape index (κ3) is 2.40. The molecule has 0 heterocycles. The summed E-state index contributed by atoms with van der Waals surface area (Å²) in [5.41, 5.74) is 1.37. The Bertz CT molecular complexity index is 498. The van der Waals surface area contributed by atoms with Gasteiger partial charge in [-0.2, -0.15) is 0 Å². The van der Waals surface area contributed by atoms with Crippen LogP contribution in [0.3, 0.4) is 0 Å². The second kappa shape index (κ2) is 5.26. The van der Waals surface area contributed by atoms with Crippen LogP contribution < -0.4 is 4.74 Å². The number of ether oxygens (including phenoxy) is 1. The molecular formula is C17H18O. The Labute approximate surface area is 108 Å². The highest BCUT2D eigenvalue weighted by atomic mass is 16.5. The van der Waals surface area contributed by atoms with Gasteiger partial charge in [-0.25, -0.2) is 0 Å². The summed E-state index contributed by atoms with van der Waals surface area (Å²) in [4.78, 5) is 0. The summed E-state index contributed by atoms with van der Waals surface area (Å²) < 4.78 is 6.02. The van der Waals surface area contributed by atoms with Crippen molar-refractivity contribution in [1.82, 2.24) is 0 Å². The van der Waals surface area contributed by atoms with Crippen molar-refractivity contribution in [3.05, 3.63) is 60.2 Å². The monoisotopic (exact) mass is 238 g/mol. The zero-order chi connectivity index (χ0) is 12.2. The van der Waals surface area contributed by atoms with E-state index in [9.17, 15) is 0 Å². The lowest BCUT2D eigenvalue weighted by molar-refractivity contribution is 0.469. The smallest absolute Gasteiger partial charge is 0.130 e. The van der Waals surface area contributed by atoms with Crippen LogP contribution in [-0.2, 0) is 0 Å². The maximum atomic E-state index is 6.02. The van der Waals surface area contributed by atoms with Crippen molar-refractivity contribution in [2.75, 3.05) is 0 Å². The lowest BCUT2D eigenvalue weighted by Gasteiger charge is -2.15. The molecule has 3 rings (SSSR count). The summed E-state index contributed by atoms with van der Waals surface area (Å²) >= 11 is 0. The van der Waals surface area contributed by atoms with Gasteiger partial charge in [0.25, 0.3) is 0 Å². The van der Waals surface area contributed by atoms with Gasteiger partial charge < -0.3 is 4.74 Å². The second-order valence-corrected chi connectivity index (χ2v) is 4.93. The Morgan fingerprint density at radius 2 is 1.44 bits per heavy atom. The van der Waals surface area contributed by atoms with Crippen LogP contribution in [0, 0.1) is 0 Å². The van der Waals surface area contributed by atoms with Crippen LogP contribution in [0.25, 0.3) is 0 Å². The molecule has 0 aromatic heterocycles. The van der Waals surface area contributed by atoms with E-state index in [1.807, 2.05) is 30.3 Å². The fourth-order valence-corrected chi connectivity index (χ4v) is 2.76. The number of hydrogen-bond donors (Lipinski definition) is 0. The minimum Gasteiger partial charge on any atom is -0.457 e. The Kier molecular flexibility index (Phi) is 3.31. The van der Waals surface area contributed by atoms with E-state index in [-0.39, 0.29) is 0 Å². The molecule has 0 atom stereocenters. The first-order chi connectivity index (χ1) is 8.93. The quantitative estimate of drug-likeness (QED) is 0.719. The van der Waals surface area contributed by atoms with E-state index in [1.165, 1.54) is 31.2 Å². The molecule has 1 nitrogen and oxygen atoms in total. The Morgan fingerprint density at radius 1 is 0.778 bits per heavy atom. The highest BCUT2D eigenvalue weighted by Gasteiger charge is 2.20. The number of para-hydroxylation sites is 2. The fraction of sp³-hybridized carbons (Fsp3) is 0.294. The van der Waals surface area contributed by atoms with Crippen LogP contribution in [0.2, 0.25) is 0 Å². The Morgan fingerprint density at radius 3 is 2.22 bits per heavy atom. The summed E-state index contributed by atoms with van der Waals surface area (Å²) in [5, 5.41) is 0. The molecule has 1 aliphatic carbocycles. The van der Waals surface area contributed by atoms with Crippen molar-refractivity contribution in [1.29, 1.82) is 0 Å². The van der Waals surface area contributed by atoms with Crippen molar-refractivity contribution in [3.8, 4) is 11.5 Å². The first kappa shape index (κ1) is 11.3. The van der Waals surface area contributed by atoms with E-state index in [1.54, 1.807) is 0 Å². The topological polar surface area (TPSA) is 9.23 Å². The van der Waals surface area contributed by atoms with Gasteiger partial charge in [0.05, 0.1) is 0 Å². The Balaban J connectivity index is 1.87. The molecular weight excluding hydrogens is 220 g/mol. The van der Waals surface area contributed by atoms with E-state index >= 15 is 0 Å². The highest BCUT2D eigenvalue weighted by Crippen LogP contribution is 2.39. The van der Waals surface area contributed by atoms with E-state index < -0.39 is 0 Å². The van der Waals surface area contributed by atoms with Gasteiger partial charge in [-0.15, -0.1) is 0 Å². The van der Waals surface area contributed by atoms with E-state index in [0.717, 1.165) is 11.5 Å². The van der Waals surface area contributed by atoms with Gasteiger partial charge in [0.1, 0.15) is 11.5 Å². The first-order valence-corrected chi connectivity index (χ1v) is 6.75.